The number of hydrogen-bond acceptors (Lipinski definition) is 2. The molecule has 0 fully saturated rings. The molecule has 0 unspecified atom stereocenters. The molecule has 0 spiro atoms. The first-order valence-corrected chi connectivity index (χ1v) is 21.2. The van der Waals surface area contributed by atoms with E-state index in [0.29, 0.717) is 5.82 Å². The molecule has 3 aromatic heterocycles. The lowest BCUT2D eigenvalue weighted by Gasteiger charge is -2.14. The lowest BCUT2D eigenvalue weighted by atomic mass is 9.98. The van der Waals surface area contributed by atoms with E-state index in [4.69, 9.17) is 9.97 Å². The van der Waals surface area contributed by atoms with E-state index in [-0.39, 0.29) is 0 Å². The lowest BCUT2D eigenvalue weighted by molar-refractivity contribution is 1.17. The zero-order valence-electron chi connectivity index (χ0n) is 33.6. The Balaban J connectivity index is 1.03. The molecule has 0 amide bonds. The minimum atomic E-state index is 0.707. The predicted molar refractivity (Wildman–Crippen MR) is 260 cm³/mol. The van der Waals surface area contributed by atoms with Crippen molar-refractivity contribution in [2.75, 3.05) is 0 Å². The number of aromatic nitrogens is 4. The summed E-state index contributed by atoms with van der Waals surface area (Å²) in [5.41, 5.74) is 13.5. The fourth-order valence-electron chi connectivity index (χ4n) is 9.99. The van der Waals surface area contributed by atoms with Gasteiger partial charge >= 0.3 is 0 Å². The summed E-state index contributed by atoms with van der Waals surface area (Å²) in [6.45, 7) is 0. The fraction of sp³-hybridized carbons (Fsp3) is 0. The molecule has 4 nitrogen and oxygen atoms in total. The van der Waals surface area contributed by atoms with Gasteiger partial charge < -0.3 is 9.13 Å². The van der Waals surface area contributed by atoms with Gasteiger partial charge in [-0.3, -0.25) is 0 Å². The van der Waals surface area contributed by atoms with E-state index >= 15 is 0 Å². The molecule has 0 aliphatic rings. The second kappa shape index (κ2) is 13.6. The van der Waals surface area contributed by atoms with Crippen molar-refractivity contribution in [1.29, 1.82) is 0 Å². The minimum absolute atomic E-state index is 0.707. The quantitative estimate of drug-likeness (QED) is 0.163. The molecule has 0 radical (unpaired) electrons. The smallest absolute Gasteiger partial charge is 0.159 e. The number of para-hydroxylation sites is 2. The van der Waals surface area contributed by atoms with Crippen LogP contribution >= 0.6 is 0 Å². The largest absolute Gasteiger partial charge is 0.309 e. The third kappa shape index (κ3) is 5.20. The van der Waals surface area contributed by atoms with Crippen molar-refractivity contribution < 1.29 is 0 Å². The Hall–Kier alpha value is -8.34. The molecule has 0 aliphatic heterocycles. The molecule has 3 heterocycles. The van der Waals surface area contributed by atoms with Crippen LogP contribution in [0.25, 0.3) is 121 Å². The molecule has 0 N–H and O–H groups in total. The third-order valence-electron chi connectivity index (χ3n) is 12.7. The summed E-state index contributed by atoms with van der Waals surface area (Å²) < 4.78 is 4.87. The van der Waals surface area contributed by atoms with Gasteiger partial charge in [-0.25, -0.2) is 9.97 Å². The SMILES string of the molecule is c1ccc(-c2cc(-c3ccccc3)cc(-n3c4ccccc4c4c5c6ccccc6n(-c6cccc(-c7ncc8c9ccccc9c9ccccc9c8n7)c6)c5ccc43)c2)cc1. The topological polar surface area (TPSA) is 35.6 Å². The summed E-state index contributed by atoms with van der Waals surface area (Å²) >= 11 is 0. The summed E-state index contributed by atoms with van der Waals surface area (Å²) in [5, 5.41) is 10.7. The number of benzene rings is 10. The first-order valence-electron chi connectivity index (χ1n) is 21.2. The zero-order chi connectivity index (χ0) is 40.7. The van der Waals surface area contributed by atoms with E-state index < -0.39 is 0 Å². The van der Waals surface area contributed by atoms with Crippen LogP contribution in [-0.2, 0) is 0 Å². The summed E-state index contributed by atoms with van der Waals surface area (Å²) in [6, 6.07) is 76.5. The third-order valence-corrected chi connectivity index (χ3v) is 12.7. The van der Waals surface area contributed by atoms with E-state index in [2.05, 4.69) is 221 Å². The molecule has 13 rings (SSSR count). The highest BCUT2D eigenvalue weighted by Crippen LogP contribution is 2.44. The molecule has 0 atom stereocenters. The second-order valence-corrected chi connectivity index (χ2v) is 16.2. The van der Waals surface area contributed by atoms with Crippen LogP contribution in [-0.4, -0.2) is 19.1 Å². The Morgan fingerprint density at radius 2 is 0.742 bits per heavy atom. The lowest BCUT2D eigenvalue weighted by Crippen LogP contribution is -1.97. The van der Waals surface area contributed by atoms with E-state index in [0.717, 1.165) is 44.3 Å². The van der Waals surface area contributed by atoms with Gasteiger partial charge in [-0.2, -0.15) is 0 Å². The first-order chi connectivity index (χ1) is 30.8. The van der Waals surface area contributed by atoms with Gasteiger partial charge in [0.15, 0.2) is 5.82 Å². The van der Waals surface area contributed by atoms with E-state index in [1.165, 1.54) is 71.0 Å². The number of hydrogen-bond donors (Lipinski definition) is 0. The Kier molecular flexibility index (Phi) is 7.57. The Morgan fingerprint density at radius 1 is 0.290 bits per heavy atom. The van der Waals surface area contributed by atoms with Crippen molar-refractivity contribution in [3.05, 3.63) is 219 Å². The molecular weight excluding hydrogens is 753 g/mol. The molecule has 4 heteroatoms. The monoisotopic (exact) mass is 788 g/mol. The van der Waals surface area contributed by atoms with Crippen LogP contribution < -0.4 is 0 Å². The van der Waals surface area contributed by atoms with E-state index in [1.54, 1.807) is 0 Å². The van der Waals surface area contributed by atoms with Gasteiger partial charge in [-0.05, 0) is 93.0 Å². The predicted octanol–water partition coefficient (Wildman–Crippen LogP) is 15.1. The van der Waals surface area contributed by atoms with Crippen LogP contribution in [0.3, 0.4) is 0 Å². The maximum Gasteiger partial charge on any atom is 0.159 e. The molecule has 62 heavy (non-hydrogen) atoms. The van der Waals surface area contributed by atoms with E-state index in [9.17, 15) is 0 Å². The Labute approximate surface area is 357 Å². The van der Waals surface area contributed by atoms with Crippen LogP contribution in [0.2, 0.25) is 0 Å². The summed E-state index contributed by atoms with van der Waals surface area (Å²) in [7, 11) is 0. The maximum atomic E-state index is 5.31. The fourth-order valence-corrected chi connectivity index (χ4v) is 9.99. The maximum absolute atomic E-state index is 5.31. The molecule has 0 bridgehead atoms. The Bertz CT molecular complexity index is 3820. The minimum Gasteiger partial charge on any atom is -0.309 e. The summed E-state index contributed by atoms with van der Waals surface area (Å²) in [5.74, 6) is 0.707. The van der Waals surface area contributed by atoms with Crippen molar-refractivity contribution in [2.24, 2.45) is 0 Å². The van der Waals surface area contributed by atoms with Crippen molar-refractivity contribution in [3.8, 4) is 45.0 Å². The van der Waals surface area contributed by atoms with Crippen LogP contribution in [0, 0.1) is 0 Å². The highest BCUT2D eigenvalue weighted by Gasteiger charge is 2.22. The van der Waals surface area contributed by atoms with Crippen LogP contribution in [0.4, 0.5) is 0 Å². The highest BCUT2D eigenvalue weighted by molar-refractivity contribution is 6.29. The van der Waals surface area contributed by atoms with Gasteiger partial charge in [0.2, 0.25) is 0 Å². The normalized spacial score (nSPS) is 11.9. The van der Waals surface area contributed by atoms with E-state index in [1.807, 2.05) is 6.20 Å². The molecule has 288 valence electrons. The molecule has 13 aromatic rings. The average Bonchev–Trinajstić information content (AvgIpc) is 3.87. The van der Waals surface area contributed by atoms with Gasteiger partial charge in [-0.15, -0.1) is 0 Å². The number of rotatable bonds is 5. The number of nitrogens with zero attached hydrogens (tertiary/aromatic N) is 4. The average molecular weight is 789 g/mol. The molecule has 0 saturated heterocycles. The van der Waals surface area contributed by atoms with Gasteiger partial charge in [-0.1, -0.05) is 158 Å². The molecule has 0 aliphatic carbocycles. The van der Waals surface area contributed by atoms with Crippen LogP contribution in [0.5, 0.6) is 0 Å². The second-order valence-electron chi connectivity index (χ2n) is 16.2. The van der Waals surface area contributed by atoms with Crippen molar-refractivity contribution in [1.82, 2.24) is 19.1 Å². The van der Waals surface area contributed by atoms with Crippen molar-refractivity contribution in [2.45, 2.75) is 0 Å². The van der Waals surface area contributed by atoms with Crippen molar-refractivity contribution in [3.63, 3.8) is 0 Å². The summed E-state index contributed by atoms with van der Waals surface area (Å²) in [6.07, 6.45) is 2.00. The van der Waals surface area contributed by atoms with Gasteiger partial charge in [0.1, 0.15) is 0 Å². The standard InChI is InChI=1S/C58H36N4/c1-3-16-37(17-4-1)40-32-41(38-18-5-2-6-19-38)35-43(34-40)62-52-29-14-12-27-49(52)56-54(62)31-30-53-55(56)48-26-11-13-28-51(48)61(53)42-21-15-20-39(33-42)58-59-36-50-46-24-8-7-22-44(46)45-23-9-10-25-47(45)57(50)60-58/h1-36H. The highest BCUT2D eigenvalue weighted by atomic mass is 15.0. The van der Waals surface area contributed by atoms with Crippen LogP contribution in [0.1, 0.15) is 0 Å². The summed E-state index contributed by atoms with van der Waals surface area (Å²) in [4.78, 5) is 10.3. The van der Waals surface area contributed by atoms with Crippen LogP contribution in [0.15, 0.2) is 219 Å². The van der Waals surface area contributed by atoms with Crippen molar-refractivity contribution >= 4 is 76.1 Å². The Morgan fingerprint density at radius 3 is 1.34 bits per heavy atom. The van der Waals surface area contributed by atoms with Gasteiger partial charge in [0, 0.05) is 55.5 Å². The van der Waals surface area contributed by atoms with Gasteiger partial charge in [0.25, 0.3) is 0 Å². The molecule has 0 saturated carbocycles. The first kappa shape index (κ1) is 34.5. The zero-order valence-corrected chi connectivity index (χ0v) is 33.6. The van der Waals surface area contributed by atoms with Gasteiger partial charge in [0.05, 0.1) is 27.6 Å². The molecular formula is C58H36N4. The molecule has 10 aromatic carbocycles. The number of fused-ring (bicyclic) bond motifs is 13.